The Labute approximate surface area is 88.9 Å². The third kappa shape index (κ3) is 2.11. The lowest BCUT2D eigenvalue weighted by Gasteiger charge is -2.07. The Balaban J connectivity index is 3.30. The molecule has 1 aromatic rings. The summed E-state index contributed by atoms with van der Waals surface area (Å²) in [6.07, 6.45) is 1.34. The summed E-state index contributed by atoms with van der Waals surface area (Å²) >= 11 is 2.96. The predicted octanol–water partition coefficient (Wildman–Crippen LogP) is 2.24. The highest BCUT2D eigenvalue weighted by molar-refractivity contribution is 9.10. The van der Waals surface area contributed by atoms with Crippen molar-refractivity contribution in [3.63, 3.8) is 0 Å². The molecule has 0 bridgehead atoms. The fraction of sp³-hybridized carbons (Fsp3) is 0. The number of carbonyl (C=O) groups excluding carboxylic acids is 1. The Kier molecular flexibility index (Phi) is 3.24. The summed E-state index contributed by atoms with van der Waals surface area (Å²) in [6.45, 7) is 3.41. The molecule has 5 heteroatoms. The molecule has 14 heavy (non-hydrogen) atoms. The quantitative estimate of drug-likeness (QED) is 0.874. The Hall–Kier alpha value is -1.36. The van der Waals surface area contributed by atoms with Gasteiger partial charge in [-0.25, -0.2) is 4.39 Å². The summed E-state index contributed by atoms with van der Waals surface area (Å²) in [7, 11) is 0. The van der Waals surface area contributed by atoms with Crippen LogP contribution in [-0.4, -0.2) is 5.91 Å². The van der Waals surface area contributed by atoms with Crippen molar-refractivity contribution in [3.8, 4) is 0 Å². The number of carbonyl (C=O) groups is 1. The van der Waals surface area contributed by atoms with Gasteiger partial charge in [0.15, 0.2) is 0 Å². The molecule has 1 rings (SSSR count). The monoisotopic (exact) mass is 258 g/mol. The first-order chi connectivity index (χ1) is 6.56. The minimum atomic E-state index is -0.630. The molecule has 0 fully saturated rings. The number of rotatable bonds is 3. The Bertz CT molecular complexity index is 393. The number of benzene rings is 1. The average Bonchev–Trinajstić information content (AvgIpc) is 2.11. The molecule has 0 spiro atoms. The highest BCUT2D eigenvalue weighted by Gasteiger charge is 2.11. The number of halogens is 2. The number of amides is 1. The highest BCUT2D eigenvalue weighted by atomic mass is 79.9. The van der Waals surface area contributed by atoms with Crippen molar-refractivity contribution in [1.29, 1.82) is 0 Å². The van der Waals surface area contributed by atoms with Crippen LogP contribution in [0.15, 0.2) is 29.4 Å². The smallest absolute Gasteiger partial charge is 0.250 e. The minimum Gasteiger partial charge on any atom is -0.366 e. The summed E-state index contributed by atoms with van der Waals surface area (Å²) in [5.74, 6) is -1.10. The zero-order valence-corrected chi connectivity index (χ0v) is 8.77. The molecular formula is C9H8BrFN2O. The van der Waals surface area contributed by atoms with Gasteiger partial charge in [-0.15, -0.1) is 0 Å². The van der Waals surface area contributed by atoms with Gasteiger partial charge in [-0.05, 0) is 34.3 Å². The number of hydrogen-bond donors (Lipinski definition) is 2. The van der Waals surface area contributed by atoms with Crippen LogP contribution < -0.4 is 11.1 Å². The molecule has 74 valence electrons. The molecule has 0 atom stereocenters. The second-order valence-electron chi connectivity index (χ2n) is 2.52. The van der Waals surface area contributed by atoms with Crippen LogP contribution in [0.3, 0.4) is 0 Å². The molecule has 0 unspecified atom stereocenters. The van der Waals surface area contributed by atoms with Crippen molar-refractivity contribution < 1.29 is 9.18 Å². The first-order valence-electron chi connectivity index (χ1n) is 3.72. The zero-order chi connectivity index (χ0) is 10.7. The molecule has 1 amide bonds. The molecular weight excluding hydrogens is 251 g/mol. The van der Waals surface area contributed by atoms with Gasteiger partial charge in [0, 0.05) is 0 Å². The van der Waals surface area contributed by atoms with Gasteiger partial charge >= 0.3 is 0 Å². The van der Waals surface area contributed by atoms with Crippen LogP contribution in [0.1, 0.15) is 10.4 Å². The fourth-order valence-corrected chi connectivity index (χ4v) is 1.32. The third-order valence-corrected chi connectivity index (χ3v) is 2.19. The van der Waals surface area contributed by atoms with E-state index >= 15 is 0 Å². The standard InChI is InChI=1S/C9H8BrFN2O/c1-2-13-8-4-7(11)6(10)3-5(8)9(12)14/h2-4,13H,1H2,(H2,12,14). The molecule has 0 saturated carbocycles. The lowest BCUT2D eigenvalue weighted by Crippen LogP contribution is -2.13. The van der Waals surface area contributed by atoms with Crippen molar-refractivity contribution in [1.82, 2.24) is 0 Å². The first-order valence-corrected chi connectivity index (χ1v) is 4.52. The van der Waals surface area contributed by atoms with Crippen LogP contribution in [0.5, 0.6) is 0 Å². The van der Waals surface area contributed by atoms with E-state index in [1.54, 1.807) is 0 Å². The Morgan fingerprint density at radius 1 is 1.64 bits per heavy atom. The summed E-state index contributed by atoms with van der Waals surface area (Å²) < 4.78 is 13.3. The van der Waals surface area contributed by atoms with Crippen molar-refractivity contribution in [2.24, 2.45) is 5.73 Å². The summed E-state index contributed by atoms with van der Waals surface area (Å²) in [5, 5.41) is 2.63. The van der Waals surface area contributed by atoms with E-state index in [4.69, 9.17) is 5.73 Å². The fourth-order valence-electron chi connectivity index (χ4n) is 0.980. The molecule has 0 saturated heterocycles. The van der Waals surface area contributed by atoms with Crippen LogP contribution in [0, 0.1) is 5.82 Å². The van der Waals surface area contributed by atoms with Crippen LogP contribution in [0.25, 0.3) is 0 Å². The van der Waals surface area contributed by atoms with E-state index < -0.39 is 11.7 Å². The maximum atomic E-state index is 13.1. The van der Waals surface area contributed by atoms with Gasteiger partial charge in [0.05, 0.1) is 15.7 Å². The second-order valence-corrected chi connectivity index (χ2v) is 3.38. The lowest BCUT2D eigenvalue weighted by molar-refractivity contribution is 0.100. The predicted molar refractivity (Wildman–Crippen MR) is 56.4 cm³/mol. The second kappa shape index (κ2) is 4.23. The number of nitrogens with one attached hydrogen (secondary N) is 1. The van der Waals surface area contributed by atoms with E-state index in [1.165, 1.54) is 18.3 Å². The largest absolute Gasteiger partial charge is 0.366 e. The maximum Gasteiger partial charge on any atom is 0.250 e. The molecule has 0 heterocycles. The topological polar surface area (TPSA) is 55.1 Å². The maximum absolute atomic E-state index is 13.1. The van der Waals surface area contributed by atoms with Gasteiger partial charge in [-0.3, -0.25) is 4.79 Å². The van der Waals surface area contributed by atoms with Gasteiger partial charge < -0.3 is 11.1 Å². The number of primary amides is 1. The van der Waals surface area contributed by atoms with Gasteiger partial charge in [0.2, 0.25) is 0 Å². The van der Waals surface area contributed by atoms with Gasteiger partial charge in [-0.1, -0.05) is 6.58 Å². The highest BCUT2D eigenvalue weighted by Crippen LogP contribution is 2.24. The minimum absolute atomic E-state index is 0.195. The summed E-state index contributed by atoms with van der Waals surface area (Å²) in [4.78, 5) is 11.0. The zero-order valence-electron chi connectivity index (χ0n) is 7.18. The van der Waals surface area contributed by atoms with E-state index in [0.717, 1.165) is 0 Å². The molecule has 1 aromatic carbocycles. The van der Waals surface area contributed by atoms with Crippen molar-refractivity contribution in [2.75, 3.05) is 5.32 Å². The summed E-state index contributed by atoms with van der Waals surface area (Å²) in [5.41, 5.74) is 5.61. The molecule has 0 aliphatic carbocycles. The van der Waals surface area contributed by atoms with Crippen molar-refractivity contribution in [2.45, 2.75) is 0 Å². The van der Waals surface area contributed by atoms with E-state index in [2.05, 4.69) is 27.8 Å². The molecule has 0 aliphatic rings. The van der Waals surface area contributed by atoms with E-state index in [0.29, 0.717) is 5.69 Å². The van der Waals surface area contributed by atoms with Gasteiger partial charge in [-0.2, -0.15) is 0 Å². The van der Waals surface area contributed by atoms with Gasteiger partial charge in [0.25, 0.3) is 5.91 Å². The van der Waals surface area contributed by atoms with Crippen molar-refractivity contribution in [3.05, 3.63) is 40.8 Å². The number of anilines is 1. The molecule has 0 radical (unpaired) electrons. The van der Waals surface area contributed by atoms with E-state index in [-0.39, 0.29) is 10.0 Å². The van der Waals surface area contributed by atoms with Crippen LogP contribution >= 0.6 is 15.9 Å². The third-order valence-electron chi connectivity index (χ3n) is 1.58. The molecule has 3 N–H and O–H groups in total. The Morgan fingerprint density at radius 3 is 2.79 bits per heavy atom. The number of nitrogens with two attached hydrogens (primary N) is 1. The molecule has 3 nitrogen and oxygen atoms in total. The van der Waals surface area contributed by atoms with E-state index in [1.807, 2.05) is 0 Å². The van der Waals surface area contributed by atoms with Crippen LogP contribution in [0.2, 0.25) is 0 Å². The van der Waals surface area contributed by atoms with E-state index in [9.17, 15) is 9.18 Å². The van der Waals surface area contributed by atoms with Crippen molar-refractivity contribution >= 4 is 27.5 Å². The van der Waals surface area contributed by atoms with Crippen LogP contribution in [0.4, 0.5) is 10.1 Å². The average molecular weight is 259 g/mol. The van der Waals surface area contributed by atoms with Gasteiger partial charge in [0.1, 0.15) is 5.82 Å². The SMILES string of the molecule is C=CNc1cc(F)c(Br)cc1C(N)=O. The Morgan fingerprint density at radius 2 is 2.29 bits per heavy atom. The number of hydrogen-bond acceptors (Lipinski definition) is 2. The normalized spacial score (nSPS) is 9.57. The molecule has 0 aliphatic heterocycles. The molecule has 0 aromatic heterocycles. The van der Waals surface area contributed by atoms with Crippen LogP contribution in [-0.2, 0) is 0 Å². The lowest BCUT2D eigenvalue weighted by atomic mass is 10.1. The summed E-state index contributed by atoms with van der Waals surface area (Å²) in [6, 6.07) is 2.50. The first kappa shape index (κ1) is 10.7.